The minimum absolute atomic E-state index is 0.105. The smallest absolute Gasteiger partial charge is 0.254 e. The second-order valence-electron chi connectivity index (χ2n) is 6.82. The molecule has 6 heteroatoms. The Balaban J connectivity index is 1.61. The number of hydrogen-bond acceptors (Lipinski definition) is 3. The number of amides is 1. The highest BCUT2D eigenvalue weighted by Crippen LogP contribution is 2.31. The molecule has 1 unspecified atom stereocenters. The first-order valence-corrected chi connectivity index (χ1v) is 9.11. The Kier molecular flexibility index (Phi) is 4.56. The van der Waals surface area contributed by atoms with Crippen molar-refractivity contribution in [1.29, 1.82) is 0 Å². The van der Waals surface area contributed by atoms with Crippen LogP contribution in [0.3, 0.4) is 0 Å². The highest BCUT2D eigenvalue weighted by atomic mass is 16.2. The predicted octanol–water partition coefficient (Wildman–Crippen LogP) is 3.36. The van der Waals surface area contributed by atoms with Crippen molar-refractivity contribution in [2.75, 3.05) is 6.54 Å². The summed E-state index contributed by atoms with van der Waals surface area (Å²) >= 11 is 0. The van der Waals surface area contributed by atoms with Crippen LogP contribution in [0.25, 0.3) is 5.69 Å². The third-order valence-corrected chi connectivity index (χ3v) is 5.17. The van der Waals surface area contributed by atoms with E-state index in [9.17, 15) is 4.79 Å². The first-order chi connectivity index (χ1) is 12.7. The van der Waals surface area contributed by atoms with Crippen molar-refractivity contribution < 1.29 is 4.79 Å². The molecule has 1 atom stereocenters. The number of hydrogen-bond donors (Lipinski definition) is 0. The number of aryl methyl sites for hydroxylation is 1. The van der Waals surface area contributed by atoms with Gasteiger partial charge < -0.3 is 9.47 Å². The summed E-state index contributed by atoms with van der Waals surface area (Å²) in [6.07, 6.45) is 9.77. The maximum Gasteiger partial charge on any atom is 0.254 e. The van der Waals surface area contributed by atoms with Gasteiger partial charge in [0.25, 0.3) is 5.91 Å². The van der Waals surface area contributed by atoms with Crippen molar-refractivity contribution >= 4 is 5.91 Å². The molecule has 4 rings (SSSR count). The monoisotopic (exact) mass is 349 g/mol. The first kappa shape index (κ1) is 16.6. The van der Waals surface area contributed by atoms with Crippen LogP contribution in [0.4, 0.5) is 0 Å². The molecular weight excluding hydrogens is 326 g/mol. The number of likely N-dealkylation sites (tertiary alicyclic amines) is 1. The number of benzene rings is 1. The van der Waals surface area contributed by atoms with E-state index in [4.69, 9.17) is 0 Å². The molecule has 0 N–H and O–H groups in total. The molecule has 0 aliphatic carbocycles. The van der Waals surface area contributed by atoms with Gasteiger partial charge in [0.15, 0.2) is 0 Å². The van der Waals surface area contributed by atoms with E-state index in [0.717, 1.165) is 37.1 Å². The van der Waals surface area contributed by atoms with Crippen LogP contribution in [0.15, 0.2) is 55.2 Å². The van der Waals surface area contributed by atoms with Gasteiger partial charge in [-0.15, -0.1) is 10.2 Å². The number of nitrogens with zero attached hydrogens (tertiary/aromatic N) is 5. The first-order valence-electron chi connectivity index (χ1n) is 9.11. The molecule has 26 heavy (non-hydrogen) atoms. The summed E-state index contributed by atoms with van der Waals surface area (Å²) in [5.41, 5.74) is 2.88. The van der Waals surface area contributed by atoms with Gasteiger partial charge in [-0.3, -0.25) is 9.36 Å². The van der Waals surface area contributed by atoms with E-state index in [1.54, 1.807) is 12.7 Å². The predicted molar refractivity (Wildman–Crippen MR) is 99.0 cm³/mol. The third kappa shape index (κ3) is 3.14. The van der Waals surface area contributed by atoms with Crippen LogP contribution in [-0.2, 0) is 7.05 Å². The Labute approximate surface area is 153 Å². The Hall–Kier alpha value is -2.89. The fraction of sp³-hybridized carbons (Fsp3) is 0.350. The van der Waals surface area contributed by atoms with E-state index in [0.29, 0.717) is 0 Å². The molecule has 0 bridgehead atoms. The average Bonchev–Trinajstić information content (AvgIpc) is 3.29. The molecule has 1 amide bonds. The standard InChI is InChI=1S/C20H23N5O/c1-23-12-5-7-18(23)19-6-3-2-4-13-25(19)20(26)16-8-10-17(11-9-16)24-14-21-22-15-24/h5,7-12,14-15,19H,2-4,6,13H2,1H3. The normalized spacial score (nSPS) is 17.9. The van der Waals surface area contributed by atoms with Crippen LogP contribution < -0.4 is 0 Å². The second-order valence-corrected chi connectivity index (χ2v) is 6.82. The summed E-state index contributed by atoms with van der Waals surface area (Å²) in [6.45, 7) is 0.807. The summed E-state index contributed by atoms with van der Waals surface area (Å²) in [7, 11) is 2.05. The highest BCUT2D eigenvalue weighted by molar-refractivity contribution is 5.94. The molecule has 3 heterocycles. The van der Waals surface area contributed by atoms with E-state index in [1.807, 2.05) is 28.8 Å². The molecule has 0 radical (unpaired) electrons. The van der Waals surface area contributed by atoms with Crippen molar-refractivity contribution in [1.82, 2.24) is 24.2 Å². The quantitative estimate of drug-likeness (QED) is 0.728. The van der Waals surface area contributed by atoms with E-state index >= 15 is 0 Å². The van der Waals surface area contributed by atoms with Crippen LogP contribution in [0.2, 0.25) is 0 Å². The molecule has 0 spiro atoms. The molecular formula is C20H23N5O. The SMILES string of the molecule is Cn1cccc1C1CCCCCN1C(=O)c1ccc(-n2cnnc2)cc1. The molecule has 1 aromatic carbocycles. The van der Waals surface area contributed by atoms with E-state index < -0.39 is 0 Å². The fourth-order valence-corrected chi connectivity index (χ4v) is 3.76. The van der Waals surface area contributed by atoms with Crippen LogP contribution in [0.1, 0.15) is 47.8 Å². The van der Waals surface area contributed by atoms with E-state index in [2.05, 4.69) is 45.0 Å². The Bertz CT molecular complexity index is 866. The second kappa shape index (κ2) is 7.15. The van der Waals surface area contributed by atoms with Gasteiger partial charge in [0.2, 0.25) is 0 Å². The van der Waals surface area contributed by atoms with Gasteiger partial charge in [-0.2, -0.15) is 0 Å². The lowest BCUT2D eigenvalue weighted by atomic mass is 10.1. The van der Waals surface area contributed by atoms with Gasteiger partial charge in [0.05, 0.1) is 6.04 Å². The largest absolute Gasteiger partial charge is 0.353 e. The number of carbonyl (C=O) groups excluding carboxylic acids is 1. The molecule has 134 valence electrons. The Morgan fingerprint density at radius 1 is 1.04 bits per heavy atom. The molecule has 1 fully saturated rings. The lowest BCUT2D eigenvalue weighted by molar-refractivity contribution is 0.0674. The van der Waals surface area contributed by atoms with Crippen molar-refractivity contribution in [3.8, 4) is 5.69 Å². The zero-order valence-electron chi connectivity index (χ0n) is 15.0. The van der Waals surface area contributed by atoms with Crippen molar-refractivity contribution in [3.63, 3.8) is 0 Å². The molecule has 0 saturated carbocycles. The molecule has 1 aliphatic rings. The van der Waals surface area contributed by atoms with Gasteiger partial charge in [-0.25, -0.2) is 0 Å². The van der Waals surface area contributed by atoms with Crippen LogP contribution in [-0.4, -0.2) is 36.7 Å². The number of rotatable bonds is 3. The number of aromatic nitrogens is 4. The van der Waals surface area contributed by atoms with Crippen LogP contribution in [0, 0.1) is 0 Å². The molecule has 3 aromatic rings. The Morgan fingerprint density at radius 3 is 2.50 bits per heavy atom. The topological polar surface area (TPSA) is 56.0 Å². The summed E-state index contributed by atoms with van der Waals surface area (Å²) in [5.74, 6) is 0.105. The molecule has 2 aromatic heterocycles. The summed E-state index contributed by atoms with van der Waals surface area (Å²) in [5, 5.41) is 7.64. The average molecular weight is 349 g/mol. The fourth-order valence-electron chi connectivity index (χ4n) is 3.76. The van der Waals surface area contributed by atoms with Crippen molar-refractivity contribution in [2.24, 2.45) is 7.05 Å². The molecule has 1 saturated heterocycles. The minimum atomic E-state index is 0.105. The van der Waals surface area contributed by atoms with Gasteiger partial charge in [0, 0.05) is 36.7 Å². The Morgan fingerprint density at radius 2 is 1.81 bits per heavy atom. The van der Waals surface area contributed by atoms with E-state index in [1.165, 1.54) is 12.1 Å². The highest BCUT2D eigenvalue weighted by Gasteiger charge is 2.28. The maximum absolute atomic E-state index is 13.3. The van der Waals surface area contributed by atoms with Gasteiger partial charge in [0.1, 0.15) is 12.7 Å². The summed E-state index contributed by atoms with van der Waals surface area (Å²) < 4.78 is 3.96. The third-order valence-electron chi connectivity index (χ3n) is 5.17. The molecule has 6 nitrogen and oxygen atoms in total. The zero-order valence-corrected chi connectivity index (χ0v) is 15.0. The lowest BCUT2D eigenvalue weighted by Gasteiger charge is -2.31. The van der Waals surface area contributed by atoms with Crippen molar-refractivity contribution in [2.45, 2.75) is 31.7 Å². The van der Waals surface area contributed by atoms with Gasteiger partial charge in [-0.05, 0) is 49.2 Å². The minimum Gasteiger partial charge on any atom is -0.353 e. The van der Waals surface area contributed by atoms with Gasteiger partial charge >= 0.3 is 0 Å². The number of carbonyl (C=O) groups is 1. The van der Waals surface area contributed by atoms with E-state index in [-0.39, 0.29) is 11.9 Å². The van der Waals surface area contributed by atoms with Crippen molar-refractivity contribution in [3.05, 3.63) is 66.5 Å². The van der Waals surface area contributed by atoms with Gasteiger partial charge in [-0.1, -0.05) is 12.8 Å². The summed E-state index contributed by atoms with van der Waals surface area (Å²) in [4.78, 5) is 15.3. The maximum atomic E-state index is 13.3. The lowest BCUT2D eigenvalue weighted by Crippen LogP contribution is -2.35. The van der Waals surface area contributed by atoms with Crippen LogP contribution in [0.5, 0.6) is 0 Å². The summed E-state index contributed by atoms with van der Waals surface area (Å²) in [6, 6.07) is 12.0. The zero-order chi connectivity index (χ0) is 17.9. The van der Waals surface area contributed by atoms with Crippen LogP contribution >= 0.6 is 0 Å². The molecule has 1 aliphatic heterocycles.